The van der Waals surface area contributed by atoms with Gasteiger partial charge >= 0.3 is 0 Å². The van der Waals surface area contributed by atoms with Crippen molar-refractivity contribution in [1.82, 2.24) is 9.78 Å². The average Bonchev–Trinajstić information content (AvgIpc) is 2.83. The number of halogens is 1. The van der Waals surface area contributed by atoms with Crippen molar-refractivity contribution in [2.75, 3.05) is 0 Å². The quantitative estimate of drug-likeness (QED) is 0.651. The van der Waals surface area contributed by atoms with Crippen LogP contribution in [0.2, 0.25) is 5.02 Å². The van der Waals surface area contributed by atoms with Gasteiger partial charge in [-0.05, 0) is 19.1 Å². The lowest BCUT2D eigenvalue weighted by Gasteiger charge is -2.11. The summed E-state index contributed by atoms with van der Waals surface area (Å²) in [6.45, 7) is 3.19. The molecule has 0 aliphatic carbocycles. The molecule has 0 unspecified atom stereocenters. The van der Waals surface area contributed by atoms with E-state index in [0.717, 1.165) is 12.1 Å². The van der Waals surface area contributed by atoms with Crippen molar-refractivity contribution in [1.29, 1.82) is 5.41 Å². The summed E-state index contributed by atoms with van der Waals surface area (Å²) in [4.78, 5) is 0. The van der Waals surface area contributed by atoms with Gasteiger partial charge in [0.1, 0.15) is 18.2 Å². The van der Waals surface area contributed by atoms with Gasteiger partial charge in [0.05, 0.1) is 16.8 Å². The zero-order valence-electron chi connectivity index (χ0n) is 10.6. The Bertz CT molecular complexity index is 594. The summed E-state index contributed by atoms with van der Waals surface area (Å²) in [5.74, 6) is 0.397. The number of amidine groups is 1. The van der Waals surface area contributed by atoms with Crippen molar-refractivity contribution < 1.29 is 4.74 Å². The maximum Gasteiger partial charge on any atom is 0.132 e. The summed E-state index contributed by atoms with van der Waals surface area (Å²) in [5, 5.41) is 12.1. The van der Waals surface area contributed by atoms with Gasteiger partial charge in [-0.2, -0.15) is 5.10 Å². The van der Waals surface area contributed by atoms with Crippen LogP contribution in [0.4, 0.5) is 0 Å². The van der Waals surface area contributed by atoms with E-state index in [2.05, 4.69) is 5.10 Å². The Kier molecular flexibility index (Phi) is 4.06. The Morgan fingerprint density at radius 1 is 1.53 bits per heavy atom. The fourth-order valence-corrected chi connectivity index (χ4v) is 1.97. The standard InChI is InChI=1S/C13H15ClN4O/c1-2-18-7-9(6-17-18)8-19-11-5-3-4-10(14)12(11)13(15)16/h3-7H,2,8H2,1H3,(H3,15,16). The highest BCUT2D eigenvalue weighted by Gasteiger charge is 2.11. The van der Waals surface area contributed by atoms with E-state index in [1.165, 1.54) is 0 Å². The Labute approximate surface area is 116 Å². The van der Waals surface area contributed by atoms with E-state index in [4.69, 9.17) is 27.5 Å². The normalized spacial score (nSPS) is 10.4. The van der Waals surface area contributed by atoms with Gasteiger partial charge in [-0.3, -0.25) is 10.1 Å². The summed E-state index contributed by atoms with van der Waals surface area (Å²) in [6, 6.07) is 5.19. The third-order valence-electron chi connectivity index (χ3n) is 2.65. The average molecular weight is 279 g/mol. The minimum atomic E-state index is -0.107. The van der Waals surface area contributed by atoms with Gasteiger partial charge in [0.15, 0.2) is 0 Å². The van der Waals surface area contributed by atoms with Gasteiger partial charge in [-0.15, -0.1) is 0 Å². The second kappa shape index (κ2) is 5.75. The summed E-state index contributed by atoms with van der Waals surface area (Å²) >= 11 is 6.02. The molecule has 0 bridgehead atoms. The molecule has 1 heterocycles. The molecule has 0 radical (unpaired) electrons. The van der Waals surface area contributed by atoms with Crippen molar-refractivity contribution in [2.24, 2.45) is 5.73 Å². The summed E-state index contributed by atoms with van der Waals surface area (Å²) in [6.07, 6.45) is 3.67. The van der Waals surface area contributed by atoms with Crippen LogP contribution in [0.5, 0.6) is 5.75 Å². The van der Waals surface area contributed by atoms with Crippen molar-refractivity contribution in [3.8, 4) is 5.75 Å². The van der Waals surface area contributed by atoms with Crippen LogP contribution in [-0.2, 0) is 13.2 Å². The first-order valence-corrected chi connectivity index (χ1v) is 6.26. The molecule has 0 saturated carbocycles. The number of aryl methyl sites for hydroxylation is 1. The van der Waals surface area contributed by atoms with Crippen LogP contribution in [0.25, 0.3) is 0 Å². The minimum absolute atomic E-state index is 0.107. The van der Waals surface area contributed by atoms with Crippen molar-refractivity contribution in [2.45, 2.75) is 20.1 Å². The summed E-state index contributed by atoms with van der Waals surface area (Å²) in [7, 11) is 0. The molecule has 0 saturated heterocycles. The topological polar surface area (TPSA) is 76.9 Å². The van der Waals surface area contributed by atoms with E-state index >= 15 is 0 Å². The predicted molar refractivity (Wildman–Crippen MR) is 74.7 cm³/mol. The van der Waals surface area contributed by atoms with Crippen LogP contribution in [0.15, 0.2) is 30.6 Å². The van der Waals surface area contributed by atoms with E-state index in [1.54, 1.807) is 24.4 Å². The van der Waals surface area contributed by atoms with Gasteiger partial charge in [-0.1, -0.05) is 17.7 Å². The van der Waals surface area contributed by atoms with E-state index in [9.17, 15) is 0 Å². The van der Waals surface area contributed by atoms with E-state index in [-0.39, 0.29) is 5.84 Å². The first kappa shape index (κ1) is 13.4. The highest BCUT2D eigenvalue weighted by molar-refractivity contribution is 6.34. The smallest absolute Gasteiger partial charge is 0.132 e. The zero-order chi connectivity index (χ0) is 13.8. The highest BCUT2D eigenvalue weighted by atomic mass is 35.5. The number of rotatable bonds is 5. The van der Waals surface area contributed by atoms with Crippen molar-refractivity contribution in [3.05, 3.63) is 46.7 Å². The van der Waals surface area contributed by atoms with Crippen LogP contribution < -0.4 is 10.5 Å². The number of benzene rings is 1. The lowest BCUT2D eigenvalue weighted by atomic mass is 10.2. The number of hydrogen-bond donors (Lipinski definition) is 2. The van der Waals surface area contributed by atoms with Crippen LogP contribution in [-0.4, -0.2) is 15.6 Å². The SMILES string of the molecule is CCn1cc(COc2cccc(Cl)c2C(=N)N)cn1. The van der Waals surface area contributed by atoms with Crippen molar-refractivity contribution >= 4 is 17.4 Å². The molecular weight excluding hydrogens is 264 g/mol. The fraction of sp³-hybridized carbons (Fsp3) is 0.231. The minimum Gasteiger partial charge on any atom is -0.488 e. The largest absolute Gasteiger partial charge is 0.488 e. The molecule has 0 spiro atoms. The molecule has 1 aromatic heterocycles. The summed E-state index contributed by atoms with van der Waals surface area (Å²) in [5.41, 5.74) is 6.89. The van der Waals surface area contributed by atoms with E-state index < -0.39 is 0 Å². The lowest BCUT2D eigenvalue weighted by molar-refractivity contribution is 0.305. The maximum atomic E-state index is 7.53. The van der Waals surface area contributed by atoms with Crippen molar-refractivity contribution in [3.63, 3.8) is 0 Å². The number of ether oxygens (including phenoxy) is 1. The molecule has 1 aromatic carbocycles. The molecule has 0 amide bonds. The number of hydrogen-bond acceptors (Lipinski definition) is 3. The van der Waals surface area contributed by atoms with E-state index in [1.807, 2.05) is 17.8 Å². The Morgan fingerprint density at radius 2 is 2.32 bits per heavy atom. The Hall–Kier alpha value is -2.01. The molecular formula is C13H15ClN4O. The predicted octanol–water partition coefficient (Wildman–Crippen LogP) is 2.42. The number of nitrogens with two attached hydrogens (primary N) is 1. The van der Waals surface area contributed by atoms with E-state index in [0.29, 0.717) is 22.9 Å². The van der Waals surface area contributed by atoms with Gasteiger partial charge in [0.2, 0.25) is 0 Å². The third-order valence-corrected chi connectivity index (χ3v) is 2.96. The maximum absolute atomic E-state index is 7.53. The van der Waals surface area contributed by atoms with Crippen LogP contribution >= 0.6 is 11.6 Å². The molecule has 3 N–H and O–H groups in total. The third kappa shape index (κ3) is 3.06. The van der Waals surface area contributed by atoms with Gasteiger partial charge < -0.3 is 10.5 Å². The highest BCUT2D eigenvalue weighted by Crippen LogP contribution is 2.26. The lowest BCUT2D eigenvalue weighted by Crippen LogP contribution is -2.13. The molecule has 0 fully saturated rings. The Morgan fingerprint density at radius 3 is 2.95 bits per heavy atom. The first-order valence-electron chi connectivity index (χ1n) is 5.89. The molecule has 0 aliphatic rings. The second-order valence-corrected chi connectivity index (χ2v) is 4.43. The number of nitrogen functional groups attached to an aromatic ring is 1. The Balaban J connectivity index is 2.15. The summed E-state index contributed by atoms with van der Waals surface area (Å²) < 4.78 is 7.49. The number of nitrogens with one attached hydrogen (secondary N) is 1. The zero-order valence-corrected chi connectivity index (χ0v) is 11.3. The number of nitrogens with zero attached hydrogens (tertiary/aromatic N) is 2. The van der Waals surface area contributed by atoms with Gasteiger partial charge in [-0.25, -0.2) is 0 Å². The molecule has 0 atom stereocenters. The first-order chi connectivity index (χ1) is 9.11. The van der Waals surface area contributed by atoms with Gasteiger partial charge in [0, 0.05) is 18.3 Å². The molecule has 2 aromatic rings. The second-order valence-electron chi connectivity index (χ2n) is 4.02. The van der Waals surface area contributed by atoms with Crippen LogP contribution in [0.1, 0.15) is 18.1 Å². The molecule has 100 valence electrons. The van der Waals surface area contributed by atoms with Crippen LogP contribution in [0.3, 0.4) is 0 Å². The molecule has 6 heteroatoms. The molecule has 0 aliphatic heterocycles. The molecule has 2 rings (SSSR count). The van der Waals surface area contributed by atoms with Gasteiger partial charge in [0.25, 0.3) is 0 Å². The fourth-order valence-electron chi connectivity index (χ4n) is 1.70. The monoisotopic (exact) mass is 278 g/mol. The molecule has 5 nitrogen and oxygen atoms in total. The van der Waals surface area contributed by atoms with Crippen LogP contribution in [0, 0.1) is 5.41 Å². The number of aromatic nitrogens is 2. The molecule has 19 heavy (non-hydrogen) atoms.